The monoisotopic (exact) mass is 392 g/mol. The third-order valence-electron chi connectivity index (χ3n) is 3.94. The van der Waals surface area contributed by atoms with Crippen LogP contribution in [0.5, 0.6) is 17.2 Å². The van der Waals surface area contributed by atoms with Gasteiger partial charge in [-0.25, -0.2) is 4.98 Å². The number of aromatic nitrogens is 1. The summed E-state index contributed by atoms with van der Waals surface area (Å²) < 4.78 is 16.1. The van der Waals surface area contributed by atoms with E-state index in [4.69, 9.17) is 14.2 Å². The van der Waals surface area contributed by atoms with Crippen molar-refractivity contribution in [3.63, 3.8) is 0 Å². The minimum Gasteiger partial charge on any atom is -0.494 e. The Labute approximate surface area is 165 Å². The second-order valence-electron chi connectivity index (χ2n) is 5.75. The first-order chi connectivity index (χ1) is 13.8. The van der Waals surface area contributed by atoms with E-state index < -0.39 is 0 Å². The topological polar surface area (TPSA) is 88.8 Å². The molecule has 7 nitrogen and oxygen atoms in total. The van der Waals surface area contributed by atoms with Crippen molar-refractivity contribution in [1.29, 1.82) is 5.26 Å². The molecule has 8 heteroatoms. The van der Waals surface area contributed by atoms with E-state index in [1.807, 2.05) is 54.8 Å². The van der Waals surface area contributed by atoms with E-state index in [0.29, 0.717) is 17.4 Å². The molecule has 1 aliphatic heterocycles. The van der Waals surface area contributed by atoms with Crippen molar-refractivity contribution in [3.05, 3.63) is 52.9 Å². The lowest BCUT2D eigenvalue weighted by molar-refractivity contribution is 0.174. The first kappa shape index (κ1) is 17.8. The molecule has 3 aromatic rings. The molecule has 0 saturated heterocycles. The van der Waals surface area contributed by atoms with Crippen LogP contribution in [0.3, 0.4) is 0 Å². The third-order valence-corrected chi connectivity index (χ3v) is 4.79. The van der Waals surface area contributed by atoms with Crippen LogP contribution >= 0.6 is 11.3 Å². The normalized spacial score (nSPS) is 12.5. The molecule has 140 valence electrons. The SMILES string of the molecule is CCOc1ccc(N/N=C(/C#N)c2nc(-c3ccc4c(c3)OCO4)cs2)cc1. The molecule has 0 saturated carbocycles. The highest BCUT2D eigenvalue weighted by molar-refractivity contribution is 7.12. The molecule has 1 N–H and O–H groups in total. The van der Waals surface area contributed by atoms with Gasteiger partial charge in [0.05, 0.1) is 18.0 Å². The van der Waals surface area contributed by atoms with Crippen molar-refractivity contribution in [3.8, 4) is 34.6 Å². The first-order valence-corrected chi connectivity index (χ1v) is 9.47. The molecule has 1 aliphatic rings. The molecule has 0 aliphatic carbocycles. The Morgan fingerprint density at radius 3 is 2.86 bits per heavy atom. The summed E-state index contributed by atoms with van der Waals surface area (Å²) in [5.74, 6) is 2.20. The van der Waals surface area contributed by atoms with Crippen molar-refractivity contribution in [2.75, 3.05) is 18.8 Å². The highest BCUT2D eigenvalue weighted by Gasteiger charge is 2.16. The number of thiazole rings is 1. The number of benzene rings is 2. The lowest BCUT2D eigenvalue weighted by Gasteiger charge is -2.04. The lowest BCUT2D eigenvalue weighted by atomic mass is 10.1. The Morgan fingerprint density at radius 2 is 2.07 bits per heavy atom. The zero-order valence-corrected chi connectivity index (χ0v) is 15.8. The van der Waals surface area contributed by atoms with Crippen LogP contribution in [-0.4, -0.2) is 24.1 Å². The summed E-state index contributed by atoms with van der Waals surface area (Å²) in [6.07, 6.45) is 0. The Kier molecular flexibility index (Phi) is 5.08. The quantitative estimate of drug-likeness (QED) is 0.498. The van der Waals surface area contributed by atoms with Crippen LogP contribution in [0.1, 0.15) is 11.9 Å². The number of nitrogens with one attached hydrogen (secondary N) is 1. The maximum atomic E-state index is 9.47. The van der Waals surface area contributed by atoms with Gasteiger partial charge < -0.3 is 14.2 Å². The summed E-state index contributed by atoms with van der Waals surface area (Å²) in [6, 6.07) is 15.1. The molecular weight excluding hydrogens is 376 g/mol. The summed E-state index contributed by atoms with van der Waals surface area (Å²) in [4.78, 5) is 4.54. The smallest absolute Gasteiger partial charge is 0.231 e. The van der Waals surface area contributed by atoms with Gasteiger partial charge in [0.15, 0.2) is 22.2 Å². The van der Waals surface area contributed by atoms with E-state index in [1.165, 1.54) is 11.3 Å². The summed E-state index contributed by atoms with van der Waals surface area (Å²) in [5, 5.41) is 16.1. The van der Waals surface area contributed by atoms with Gasteiger partial charge in [-0.1, -0.05) is 0 Å². The van der Waals surface area contributed by atoms with E-state index in [0.717, 1.165) is 28.4 Å². The molecule has 0 radical (unpaired) electrons. The molecule has 0 atom stereocenters. The zero-order chi connectivity index (χ0) is 19.3. The average molecular weight is 392 g/mol. The van der Waals surface area contributed by atoms with Crippen LogP contribution in [0.4, 0.5) is 5.69 Å². The van der Waals surface area contributed by atoms with Gasteiger partial charge in [0.2, 0.25) is 6.79 Å². The number of ether oxygens (including phenoxy) is 3. The van der Waals surface area contributed by atoms with E-state index in [2.05, 4.69) is 21.6 Å². The predicted molar refractivity (Wildman–Crippen MR) is 107 cm³/mol. The molecule has 0 amide bonds. The molecule has 2 heterocycles. The van der Waals surface area contributed by atoms with Gasteiger partial charge >= 0.3 is 0 Å². The molecule has 2 aromatic carbocycles. The van der Waals surface area contributed by atoms with Crippen LogP contribution in [0.15, 0.2) is 52.9 Å². The Bertz CT molecular complexity index is 1050. The minimum absolute atomic E-state index is 0.214. The molecule has 4 rings (SSSR count). The van der Waals surface area contributed by atoms with Gasteiger partial charge in [-0.05, 0) is 49.4 Å². The number of hydrogen-bond acceptors (Lipinski definition) is 8. The van der Waals surface area contributed by atoms with Crippen LogP contribution < -0.4 is 19.6 Å². The molecule has 0 spiro atoms. The average Bonchev–Trinajstić information content (AvgIpc) is 3.39. The molecule has 0 unspecified atom stereocenters. The molecule has 1 aromatic heterocycles. The van der Waals surface area contributed by atoms with Gasteiger partial charge in [0.1, 0.15) is 11.8 Å². The Hall–Kier alpha value is -3.57. The summed E-state index contributed by atoms with van der Waals surface area (Å²) in [6.45, 7) is 2.77. The summed E-state index contributed by atoms with van der Waals surface area (Å²) in [5.41, 5.74) is 5.50. The van der Waals surface area contributed by atoms with E-state index in [9.17, 15) is 5.26 Å². The zero-order valence-electron chi connectivity index (χ0n) is 15.0. The number of nitrogens with zero attached hydrogens (tertiary/aromatic N) is 3. The minimum atomic E-state index is 0.214. The van der Waals surface area contributed by atoms with Crippen molar-refractivity contribution < 1.29 is 14.2 Å². The maximum absolute atomic E-state index is 9.47. The van der Waals surface area contributed by atoms with Gasteiger partial charge in [-0.15, -0.1) is 11.3 Å². The fraction of sp³-hybridized carbons (Fsp3) is 0.150. The predicted octanol–water partition coefficient (Wildman–Crippen LogP) is 4.28. The summed E-state index contributed by atoms with van der Waals surface area (Å²) in [7, 11) is 0. The number of anilines is 1. The second kappa shape index (κ2) is 7.98. The van der Waals surface area contributed by atoms with Crippen molar-refractivity contribution in [2.24, 2.45) is 5.10 Å². The van der Waals surface area contributed by atoms with Gasteiger partial charge in [0.25, 0.3) is 0 Å². The Balaban J connectivity index is 1.51. The molecule has 0 fully saturated rings. The van der Waals surface area contributed by atoms with E-state index >= 15 is 0 Å². The van der Waals surface area contributed by atoms with Crippen LogP contribution in [0.25, 0.3) is 11.3 Å². The highest BCUT2D eigenvalue weighted by Crippen LogP contribution is 2.36. The van der Waals surface area contributed by atoms with Crippen LogP contribution in [0, 0.1) is 11.3 Å². The molecular formula is C20H16N4O3S. The number of nitriles is 1. The number of hydrogen-bond donors (Lipinski definition) is 1. The van der Waals surface area contributed by atoms with Crippen molar-refractivity contribution >= 4 is 22.7 Å². The highest BCUT2D eigenvalue weighted by atomic mass is 32.1. The molecule has 0 bridgehead atoms. The van der Waals surface area contributed by atoms with E-state index in [-0.39, 0.29) is 12.5 Å². The maximum Gasteiger partial charge on any atom is 0.231 e. The third kappa shape index (κ3) is 3.75. The lowest BCUT2D eigenvalue weighted by Crippen LogP contribution is -2.01. The standard InChI is InChI=1S/C20H16N4O3S/c1-2-25-15-6-4-14(5-7-15)23-24-16(10-21)20-22-17(11-28-20)13-3-8-18-19(9-13)27-12-26-18/h3-9,11,23H,2,12H2,1H3/b24-16-. The van der Waals surface area contributed by atoms with E-state index in [1.54, 1.807) is 0 Å². The van der Waals surface area contributed by atoms with Gasteiger partial charge in [0, 0.05) is 10.9 Å². The Morgan fingerprint density at radius 1 is 1.25 bits per heavy atom. The fourth-order valence-electron chi connectivity index (χ4n) is 2.60. The van der Waals surface area contributed by atoms with Crippen molar-refractivity contribution in [1.82, 2.24) is 4.98 Å². The van der Waals surface area contributed by atoms with Gasteiger partial charge in [-0.3, -0.25) is 5.43 Å². The first-order valence-electron chi connectivity index (χ1n) is 8.59. The molecule has 28 heavy (non-hydrogen) atoms. The second-order valence-corrected chi connectivity index (χ2v) is 6.61. The number of fused-ring (bicyclic) bond motifs is 1. The largest absolute Gasteiger partial charge is 0.494 e. The summed E-state index contributed by atoms with van der Waals surface area (Å²) >= 11 is 1.36. The number of rotatable bonds is 6. The fourth-order valence-corrected chi connectivity index (χ4v) is 3.37. The number of hydrazone groups is 1. The van der Waals surface area contributed by atoms with Crippen LogP contribution in [0.2, 0.25) is 0 Å². The van der Waals surface area contributed by atoms with Gasteiger partial charge in [-0.2, -0.15) is 10.4 Å². The van der Waals surface area contributed by atoms with Crippen LogP contribution in [-0.2, 0) is 0 Å². The van der Waals surface area contributed by atoms with Crippen molar-refractivity contribution in [2.45, 2.75) is 6.92 Å².